The van der Waals surface area contributed by atoms with Crippen LogP contribution in [0.1, 0.15) is 11.8 Å². The molecule has 0 aliphatic carbocycles. The minimum absolute atomic E-state index is 0.0972. The summed E-state index contributed by atoms with van der Waals surface area (Å²) >= 11 is 7.19. The number of sulfonamides is 1. The molecule has 6 heteroatoms. The molecule has 0 amide bonds. The lowest BCUT2D eigenvalue weighted by Crippen LogP contribution is -2.31. The molecule has 0 saturated carbocycles. The summed E-state index contributed by atoms with van der Waals surface area (Å²) in [6, 6.07) is 3.61. The molecule has 0 atom stereocenters. The van der Waals surface area contributed by atoms with E-state index in [4.69, 9.17) is 11.6 Å². The van der Waals surface area contributed by atoms with Gasteiger partial charge in [0, 0.05) is 18.0 Å². The van der Waals surface area contributed by atoms with E-state index in [-0.39, 0.29) is 5.75 Å². The van der Waals surface area contributed by atoms with Crippen molar-refractivity contribution in [3.05, 3.63) is 34.0 Å². The highest BCUT2D eigenvalue weighted by Crippen LogP contribution is 2.23. The summed E-state index contributed by atoms with van der Waals surface area (Å²) in [6.45, 7) is 5.88. The number of halogens is 1. The molecule has 0 aromatic carbocycles. The summed E-state index contributed by atoms with van der Waals surface area (Å²) in [5.74, 6) is 0.0972. The average Bonchev–Trinajstić information content (AvgIpc) is 2.63. The Hall–Kier alpha value is -0.360. The molecule has 0 N–H and O–H groups in total. The average molecular weight is 280 g/mol. The molecule has 1 aromatic rings. The van der Waals surface area contributed by atoms with E-state index in [0.717, 1.165) is 4.88 Å². The normalized spacial score (nSPS) is 11.9. The largest absolute Gasteiger partial charge is 0.214 e. The van der Waals surface area contributed by atoms with Crippen molar-refractivity contribution in [2.75, 3.05) is 12.3 Å². The number of hydrogen-bond donors (Lipinski definition) is 0. The number of rotatable bonds is 6. The van der Waals surface area contributed by atoms with Crippen LogP contribution in [0.3, 0.4) is 0 Å². The third-order valence-corrected chi connectivity index (χ3v) is 5.06. The molecule has 1 rings (SSSR count). The molecule has 0 unspecified atom stereocenters. The second-order valence-corrected chi connectivity index (χ2v) is 7.24. The van der Waals surface area contributed by atoms with E-state index < -0.39 is 10.0 Å². The van der Waals surface area contributed by atoms with E-state index in [1.165, 1.54) is 15.6 Å². The SMILES string of the molecule is C=CCN(Cc1ccc(Cl)s1)S(=O)(=O)CC. The number of nitrogens with zero attached hydrogens (tertiary/aromatic N) is 1. The van der Waals surface area contributed by atoms with E-state index in [2.05, 4.69) is 6.58 Å². The molecule has 0 saturated heterocycles. The molecule has 1 aromatic heterocycles. The van der Waals surface area contributed by atoms with Crippen LogP contribution < -0.4 is 0 Å². The minimum atomic E-state index is -3.19. The molecular formula is C10H14ClNO2S2. The molecule has 0 aliphatic rings. The van der Waals surface area contributed by atoms with Gasteiger partial charge < -0.3 is 0 Å². The summed E-state index contributed by atoms with van der Waals surface area (Å²) in [6.07, 6.45) is 1.59. The Balaban J connectivity index is 2.84. The lowest BCUT2D eigenvalue weighted by atomic mass is 10.4. The van der Waals surface area contributed by atoms with Gasteiger partial charge in [0.1, 0.15) is 0 Å². The second-order valence-electron chi connectivity index (χ2n) is 3.19. The smallest absolute Gasteiger partial charge is 0.212 e. The van der Waals surface area contributed by atoms with Crippen LogP contribution >= 0.6 is 22.9 Å². The van der Waals surface area contributed by atoms with Crippen LogP contribution in [0, 0.1) is 0 Å². The summed E-state index contributed by atoms with van der Waals surface area (Å²) in [5, 5.41) is 0. The van der Waals surface area contributed by atoms with Gasteiger partial charge in [0.25, 0.3) is 0 Å². The first-order valence-corrected chi connectivity index (χ1v) is 7.63. The zero-order valence-corrected chi connectivity index (χ0v) is 11.4. The lowest BCUT2D eigenvalue weighted by molar-refractivity contribution is 0.442. The highest BCUT2D eigenvalue weighted by atomic mass is 35.5. The van der Waals surface area contributed by atoms with Crippen LogP contribution in [0.2, 0.25) is 4.34 Å². The topological polar surface area (TPSA) is 37.4 Å². The van der Waals surface area contributed by atoms with Gasteiger partial charge in [-0.25, -0.2) is 8.42 Å². The molecule has 16 heavy (non-hydrogen) atoms. The van der Waals surface area contributed by atoms with Gasteiger partial charge in [-0.1, -0.05) is 17.7 Å². The molecule has 0 fully saturated rings. The van der Waals surface area contributed by atoms with E-state index in [1.54, 1.807) is 19.1 Å². The first kappa shape index (κ1) is 13.7. The van der Waals surface area contributed by atoms with Crippen molar-refractivity contribution in [3.8, 4) is 0 Å². The maximum atomic E-state index is 11.8. The van der Waals surface area contributed by atoms with Gasteiger partial charge >= 0.3 is 0 Å². The second kappa shape index (κ2) is 5.82. The molecule has 3 nitrogen and oxygen atoms in total. The fourth-order valence-corrected chi connectivity index (χ4v) is 3.43. The van der Waals surface area contributed by atoms with Gasteiger partial charge in [-0.2, -0.15) is 4.31 Å². The number of thiophene rings is 1. The van der Waals surface area contributed by atoms with Gasteiger partial charge in [-0.3, -0.25) is 0 Å². The van der Waals surface area contributed by atoms with Crippen molar-refractivity contribution >= 4 is 33.0 Å². The summed E-state index contributed by atoms with van der Waals surface area (Å²) < 4.78 is 25.6. The molecule has 0 radical (unpaired) electrons. The Bertz CT molecular complexity index is 453. The fourth-order valence-electron chi connectivity index (χ4n) is 1.21. The lowest BCUT2D eigenvalue weighted by Gasteiger charge is -2.18. The van der Waals surface area contributed by atoms with Crippen LogP contribution in [-0.4, -0.2) is 25.0 Å². The third kappa shape index (κ3) is 3.59. The third-order valence-electron chi connectivity index (χ3n) is 2.05. The summed E-state index contributed by atoms with van der Waals surface area (Å²) in [7, 11) is -3.19. The maximum absolute atomic E-state index is 11.8. The molecule has 0 spiro atoms. The standard InChI is InChI=1S/C10H14ClNO2S2/c1-3-7-12(16(13,14)4-2)8-9-5-6-10(11)15-9/h3,5-6H,1,4,7-8H2,2H3. The van der Waals surface area contributed by atoms with E-state index >= 15 is 0 Å². The quantitative estimate of drug-likeness (QED) is 0.751. The first-order valence-electron chi connectivity index (χ1n) is 4.82. The first-order chi connectivity index (χ1) is 7.49. The monoisotopic (exact) mass is 279 g/mol. The zero-order valence-electron chi connectivity index (χ0n) is 9.02. The van der Waals surface area contributed by atoms with Crippen molar-refractivity contribution in [1.82, 2.24) is 4.31 Å². The summed E-state index contributed by atoms with van der Waals surface area (Å²) in [4.78, 5) is 0.934. The van der Waals surface area contributed by atoms with Crippen LogP contribution in [-0.2, 0) is 16.6 Å². The minimum Gasteiger partial charge on any atom is -0.212 e. The van der Waals surface area contributed by atoms with E-state index in [0.29, 0.717) is 17.4 Å². The molecule has 0 aliphatic heterocycles. The van der Waals surface area contributed by atoms with Crippen LogP contribution in [0.15, 0.2) is 24.8 Å². The van der Waals surface area contributed by atoms with Crippen molar-refractivity contribution in [2.24, 2.45) is 0 Å². The Morgan fingerprint density at radius 2 is 2.25 bits per heavy atom. The predicted octanol–water partition coefficient (Wildman–Crippen LogP) is 2.74. The van der Waals surface area contributed by atoms with Crippen LogP contribution in [0.5, 0.6) is 0 Å². The number of hydrogen-bond acceptors (Lipinski definition) is 3. The van der Waals surface area contributed by atoms with Crippen molar-refractivity contribution in [2.45, 2.75) is 13.5 Å². The van der Waals surface area contributed by atoms with Gasteiger partial charge in [0.05, 0.1) is 10.1 Å². The molecule has 0 bridgehead atoms. The fraction of sp³-hybridized carbons (Fsp3) is 0.400. The molecular weight excluding hydrogens is 266 g/mol. The van der Waals surface area contributed by atoms with Crippen molar-refractivity contribution in [1.29, 1.82) is 0 Å². The van der Waals surface area contributed by atoms with Gasteiger partial charge in [0.15, 0.2) is 0 Å². The Labute approximate surface area is 105 Å². The van der Waals surface area contributed by atoms with E-state index in [1.807, 2.05) is 6.07 Å². The molecule has 1 heterocycles. The predicted molar refractivity (Wildman–Crippen MR) is 69.4 cm³/mol. The van der Waals surface area contributed by atoms with Crippen molar-refractivity contribution < 1.29 is 8.42 Å². The molecule has 90 valence electrons. The highest BCUT2D eigenvalue weighted by Gasteiger charge is 2.19. The Morgan fingerprint density at radius 3 is 2.69 bits per heavy atom. The van der Waals surface area contributed by atoms with Gasteiger partial charge in [-0.15, -0.1) is 17.9 Å². The maximum Gasteiger partial charge on any atom is 0.214 e. The van der Waals surface area contributed by atoms with Crippen LogP contribution in [0.25, 0.3) is 0 Å². The van der Waals surface area contributed by atoms with Gasteiger partial charge in [-0.05, 0) is 19.1 Å². The summed E-state index contributed by atoms with van der Waals surface area (Å²) in [5.41, 5.74) is 0. The van der Waals surface area contributed by atoms with Gasteiger partial charge in [0.2, 0.25) is 10.0 Å². The van der Waals surface area contributed by atoms with Crippen LogP contribution in [0.4, 0.5) is 0 Å². The zero-order chi connectivity index (χ0) is 12.2. The Morgan fingerprint density at radius 1 is 1.56 bits per heavy atom. The Kier molecular flexibility index (Phi) is 4.98. The van der Waals surface area contributed by atoms with Crippen molar-refractivity contribution in [3.63, 3.8) is 0 Å². The highest BCUT2D eigenvalue weighted by molar-refractivity contribution is 7.89. The van der Waals surface area contributed by atoms with E-state index in [9.17, 15) is 8.42 Å².